The van der Waals surface area contributed by atoms with E-state index in [2.05, 4.69) is 43.4 Å². The van der Waals surface area contributed by atoms with Gasteiger partial charge in [0.25, 0.3) is 0 Å². The van der Waals surface area contributed by atoms with E-state index in [0.29, 0.717) is 25.7 Å². The molecular weight excluding hydrogens is 300 g/mol. The van der Waals surface area contributed by atoms with Gasteiger partial charge in [0.05, 0.1) is 0 Å². The zero-order valence-electron chi connectivity index (χ0n) is 13.4. The summed E-state index contributed by atoms with van der Waals surface area (Å²) in [6.07, 6.45) is 1.62. The van der Waals surface area contributed by atoms with Gasteiger partial charge >= 0.3 is 0 Å². The fourth-order valence-corrected chi connectivity index (χ4v) is 2.56. The number of carbonyl (C=O) groups excluding carboxylic acids is 1. The van der Waals surface area contributed by atoms with Crippen molar-refractivity contribution in [3.63, 3.8) is 0 Å². The van der Waals surface area contributed by atoms with E-state index in [4.69, 9.17) is 10.5 Å². The Morgan fingerprint density at radius 3 is 2.32 bits per heavy atom. The average molecular weight is 327 g/mol. The van der Waals surface area contributed by atoms with Crippen molar-refractivity contribution < 1.29 is 9.53 Å². The Labute approximate surface area is 139 Å². The van der Waals surface area contributed by atoms with E-state index in [0.717, 1.165) is 18.4 Å². The van der Waals surface area contributed by atoms with E-state index in [1.54, 1.807) is 0 Å². The molecule has 1 unspecified atom stereocenters. The van der Waals surface area contributed by atoms with Crippen molar-refractivity contribution in [1.82, 2.24) is 5.32 Å². The predicted molar refractivity (Wildman–Crippen MR) is 91.3 cm³/mol. The smallest absolute Gasteiger partial charge is 0.223 e. The van der Waals surface area contributed by atoms with Crippen molar-refractivity contribution in [3.8, 4) is 0 Å². The van der Waals surface area contributed by atoms with Gasteiger partial charge in [0, 0.05) is 31.7 Å². The number of halogens is 1. The van der Waals surface area contributed by atoms with Gasteiger partial charge in [0.15, 0.2) is 0 Å². The second-order valence-electron chi connectivity index (χ2n) is 6.06. The predicted octanol–water partition coefficient (Wildman–Crippen LogP) is 2.77. The van der Waals surface area contributed by atoms with Gasteiger partial charge in [0.1, 0.15) is 0 Å². The molecule has 0 spiro atoms. The van der Waals surface area contributed by atoms with Crippen LogP contribution in [0.15, 0.2) is 24.3 Å². The third kappa shape index (κ3) is 5.27. The highest BCUT2D eigenvalue weighted by Crippen LogP contribution is 2.18. The van der Waals surface area contributed by atoms with Gasteiger partial charge in [-0.25, -0.2) is 0 Å². The first-order valence-corrected chi connectivity index (χ1v) is 7.79. The molecule has 4 nitrogen and oxygen atoms in total. The summed E-state index contributed by atoms with van der Waals surface area (Å²) in [7, 11) is 0. The van der Waals surface area contributed by atoms with E-state index in [-0.39, 0.29) is 30.3 Å². The van der Waals surface area contributed by atoms with Gasteiger partial charge < -0.3 is 15.8 Å². The molecule has 0 aromatic heterocycles. The summed E-state index contributed by atoms with van der Waals surface area (Å²) < 4.78 is 5.27. The van der Waals surface area contributed by atoms with Gasteiger partial charge in [-0.2, -0.15) is 0 Å². The SMILES string of the molecule is CC(C)c1ccc(C(N)CNC(=O)C2CCOCC2)cc1.Cl. The van der Waals surface area contributed by atoms with Crippen LogP contribution in [0.4, 0.5) is 0 Å². The Balaban J connectivity index is 0.00000242. The molecule has 1 aromatic carbocycles. The minimum Gasteiger partial charge on any atom is -0.381 e. The van der Waals surface area contributed by atoms with Crippen molar-refractivity contribution in [1.29, 1.82) is 0 Å². The van der Waals surface area contributed by atoms with Crippen LogP contribution >= 0.6 is 12.4 Å². The van der Waals surface area contributed by atoms with Crippen LogP contribution in [0.2, 0.25) is 0 Å². The maximum Gasteiger partial charge on any atom is 0.223 e. The lowest BCUT2D eigenvalue weighted by molar-refractivity contribution is -0.127. The fraction of sp³-hybridized carbons (Fsp3) is 0.588. The topological polar surface area (TPSA) is 64.3 Å². The molecule has 3 N–H and O–H groups in total. The molecule has 1 saturated heterocycles. The summed E-state index contributed by atoms with van der Waals surface area (Å²) in [6.45, 7) is 6.19. The molecule has 0 radical (unpaired) electrons. The molecule has 1 aromatic rings. The second-order valence-corrected chi connectivity index (χ2v) is 6.06. The van der Waals surface area contributed by atoms with Crippen LogP contribution < -0.4 is 11.1 Å². The summed E-state index contributed by atoms with van der Waals surface area (Å²) in [4.78, 5) is 12.1. The Morgan fingerprint density at radius 2 is 1.77 bits per heavy atom. The summed E-state index contributed by atoms with van der Waals surface area (Å²) in [5.41, 5.74) is 8.52. The lowest BCUT2D eigenvalue weighted by Crippen LogP contribution is -2.38. The first-order chi connectivity index (χ1) is 10.1. The largest absolute Gasteiger partial charge is 0.381 e. The van der Waals surface area contributed by atoms with Crippen LogP contribution in [0.1, 0.15) is 49.8 Å². The molecule has 0 saturated carbocycles. The molecule has 1 fully saturated rings. The minimum atomic E-state index is -0.157. The third-order valence-corrected chi connectivity index (χ3v) is 4.12. The van der Waals surface area contributed by atoms with Crippen molar-refractivity contribution in [2.24, 2.45) is 11.7 Å². The highest BCUT2D eigenvalue weighted by atomic mass is 35.5. The molecule has 1 amide bonds. The van der Waals surface area contributed by atoms with Crippen LogP contribution in [0.25, 0.3) is 0 Å². The van der Waals surface area contributed by atoms with Gasteiger partial charge in [-0.1, -0.05) is 38.1 Å². The standard InChI is InChI=1S/C17H26N2O2.ClH/c1-12(2)13-3-5-14(6-4-13)16(18)11-19-17(20)15-7-9-21-10-8-15;/h3-6,12,15-16H,7-11,18H2,1-2H3,(H,19,20);1H. The molecule has 1 aliphatic heterocycles. The maximum atomic E-state index is 12.1. The number of amides is 1. The first kappa shape index (κ1) is 18.9. The second kappa shape index (κ2) is 9.13. The quantitative estimate of drug-likeness (QED) is 0.874. The number of carbonyl (C=O) groups is 1. The molecule has 1 atom stereocenters. The van der Waals surface area contributed by atoms with E-state index < -0.39 is 0 Å². The average Bonchev–Trinajstić information content (AvgIpc) is 2.53. The van der Waals surface area contributed by atoms with Gasteiger partial charge in [-0.05, 0) is 29.9 Å². The molecule has 2 rings (SSSR count). The fourth-order valence-electron chi connectivity index (χ4n) is 2.56. The number of nitrogens with one attached hydrogen (secondary N) is 1. The van der Waals surface area contributed by atoms with Crippen LogP contribution in [0.5, 0.6) is 0 Å². The zero-order chi connectivity index (χ0) is 15.2. The normalized spacial score (nSPS) is 16.9. The highest BCUT2D eigenvalue weighted by Gasteiger charge is 2.21. The lowest BCUT2D eigenvalue weighted by Gasteiger charge is -2.22. The van der Waals surface area contributed by atoms with Crippen LogP contribution in [-0.4, -0.2) is 25.7 Å². The number of hydrogen-bond donors (Lipinski definition) is 2. The maximum absolute atomic E-state index is 12.1. The van der Waals surface area contributed by atoms with E-state index in [9.17, 15) is 4.79 Å². The first-order valence-electron chi connectivity index (χ1n) is 7.79. The number of benzene rings is 1. The molecule has 0 aliphatic carbocycles. The van der Waals surface area contributed by atoms with Crippen molar-refractivity contribution >= 4 is 18.3 Å². The van der Waals surface area contributed by atoms with Crippen LogP contribution in [0, 0.1) is 5.92 Å². The van der Waals surface area contributed by atoms with Gasteiger partial charge in [-0.15, -0.1) is 12.4 Å². The molecule has 1 aliphatic rings. The number of ether oxygens (including phenoxy) is 1. The van der Waals surface area contributed by atoms with Crippen molar-refractivity contribution in [3.05, 3.63) is 35.4 Å². The van der Waals surface area contributed by atoms with Crippen LogP contribution in [0.3, 0.4) is 0 Å². The summed E-state index contributed by atoms with van der Waals surface area (Å²) >= 11 is 0. The number of nitrogens with two attached hydrogens (primary N) is 1. The Kier molecular flexibility index (Phi) is 7.87. The number of rotatable bonds is 5. The molecular formula is C17H27ClN2O2. The summed E-state index contributed by atoms with van der Waals surface area (Å²) in [6, 6.07) is 8.18. The Hall–Kier alpha value is -1.10. The van der Waals surface area contributed by atoms with Gasteiger partial charge in [0.2, 0.25) is 5.91 Å². The molecule has 5 heteroatoms. The monoisotopic (exact) mass is 326 g/mol. The minimum absolute atomic E-state index is 0. The molecule has 0 bridgehead atoms. The van der Waals surface area contributed by atoms with Crippen molar-refractivity contribution in [2.75, 3.05) is 19.8 Å². The third-order valence-electron chi connectivity index (χ3n) is 4.12. The summed E-state index contributed by atoms with van der Waals surface area (Å²) in [5.74, 6) is 0.699. The van der Waals surface area contributed by atoms with Crippen molar-refractivity contribution in [2.45, 2.75) is 38.6 Å². The summed E-state index contributed by atoms with van der Waals surface area (Å²) in [5, 5.41) is 2.97. The Morgan fingerprint density at radius 1 is 1.23 bits per heavy atom. The van der Waals surface area contributed by atoms with E-state index in [1.807, 2.05) is 0 Å². The van der Waals surface area contributed by atoms with Gasteiger partial charge in [-0.3, -0.25) is 4.79 Å². The number of hydrogen-bond acceptors (Lipinski definition) is 3. The zero-order valence-corrected chi connectivity index (χ0v) is 14.2. The van der Waals surface area contributed by atoms with E-state index in [1.165, 1.54) is 5.56 Å². The lowest BCUT2D eigenvalue weighted by atomic mass is 9.98. The van der Waals surface area contributed by atoms with Crippen LogP contribution in [-0.2, 0) is 9.53 Å². The molecule has 124 valence electrons. The molecule has 22 heavy (non-hydrogen) atoms. The highest BCUT2D eigenvalue weighted by molar-refractivity contribution is 5.85. The molecule has 1 heterocycles. The Bertz CT molecular complexity index is 456. The van der Waals surface area contributed by atoms with E-state index >= 15 is 0 Å².